The lowest BCUT2D eigenvalue weighted by Gasteiger charge is -2.45. The Bertz CT molecular complexity index is 1280. The van der Waals surface area contributed by atoms with E-state index >= 15 is 0 Å². The molecule has 40 heavy (non-hydrogen) atoms. The lowest BCUT2D eigenvalue weighted by atomic mass is 9.59. The van der Waals surface area contributed by atoms with Crippen molar-refractivity contribution in [3.8, 4) is 0 Å². The van der Waals surface area contributed by atoms with E-state index in [0.717, 1.165) is 11.1 Å². The molecule has 1 fully saturated rings. The lowest BCUT2D eigenvalue weighted by Crippen LogP contribution is -2.52. The summed E-state index contributed by atoms with van der Waals surface area (Å²) in [5.41, 5.74) is 4.10. The van der Waals surface area contributed by atoms with Gasteiger partial charge in [-0.05, 0) is 62.5 Å². The van der Waals surface area contributed by atoms with E-state index in [1.165, 1.54) is 0 Å². The van der Waals surface area contributed by atoms with E-state index in [2.05, 4.69) is 15.7 Å². The summed E-state index contributed by atoms with van der Waals surface area (Å²) >= 11 is 0. The molecule has 0 aromatic rings. The molecular formula is C27H35N5O8. The molecule has 0 radical (unpaired) electrons. The quantitative estimate of drug-likeness (QED) is 0.228. The SMILES string of the molecule is CCC(/C=C(/CNC(=O)CN(C)C)[C@@H](C)N=O)=C1/CC(=O)C2=C(O)[C@]3(N=O)C(O)=C(C(N)=O)C(=O)C[C@@H]3C[C@@H]2C1. The summed E-state index contributed by atoms with van der Waals surface area (Å²) in [7, 11) is 3.51. The van der Waals surface area contributed by atoms with Gasteiger partial charge in [0, 0.05) is 30.9 Å². The molecule has 216 valence electrons. The van der Waals surface area contributed by atoms with Gasteiger partial charge in [-0.15, -0.1) is 4.91 Å². The number of rotatable bonds is 10. The van der Waals surface area contributed by atoms with Gasteiger partial charge in [-0.25, -0.2) is 0 Å². The molecule has 3 rings (SSSR count). The molecule has 0 unspecified atom stereocenters. The van der Waals surface area contributed by atoms with Crippen molar-refractivity contribution in [1.29, 1.82) is 0 Å². The zero-order valence-electron chi connectivity index (χ0n) is 23.0. The first kappa shape index (κ1) is 30.5. The number of Topliss-reactive ketones (excluding diaryl/α,β-unsaturated/α-hetero) is 2. The van der Waals surface area contributed by atoms with Crippen LogP contribution >= 0.6 is 0 Å². The van der Waals surface area contributed by atoms with Crippen LogP contribution in [0.5, 0.6) is 0 Å². The predicted molar refractivity (Wildman–Crippen MR) is 145 cm³/mol. The lowest BCUT2D eigenvalue weighted by molar-refractivity contribution is -0.124. The molecule has 3 aliphatic carbocycles. The molecule has 1 saturated carbocycles. The Kier molecular flexibility index (Phi) is 9.18. The molecule has 0 bridgehead atoms. The summed E-state index contributed by atoms with van der Waals surface area (Å²) in [6, 6.07) is -0.739. The summed E-state index contributed by atoms with van der Waals surface area (Å²) in [5.74, 6) is -6.08. The summed E-state index contributed by atoms with van der Waals surface area (Å²) < 4.78 is 0. The monoisotopic (exact) mass is 557 g/mol. The summed E-state index contributed by atoms with van der Waals surface area (Å²) in [4.78, 5) is 75.1. The van der Waals surface area contributed by atoms with Crippen LogP contribution in [-0.2, 0) is 19.2 Å². The van der Waals surface area contributed by atoms with E-state index in [1.54, 1.807) is 32.0 Å². The number of nitroso groups, excluding NO2 is 2. The summed E-state index contributed by atoms with van der Waals surface area (Å²) in [5, 5.41) is 30.8. The molecule has 13 heteroatoms. The second kappa shape index (κ2) is 12.0. The van der Waals surface area contributed by atoms with E-state index in [9.17, 15) is 39.2 Å². The van der Waals surface area contributed by atoms with Gasteiger partial charge in [0.25, 0.3) is 5.91 Å². The molecular weight excluding hydrogens is 522 g/mol. The number of ketones is 2. The third-order valence-electron chi connectivity index (χ3n) is 7.89. The van der Waals surface area contributed by atoms with Crippen LogP contribution in [0.2, 0.25) is 0 Å². The fourth-order valence-corrected chi connectivity index (χ4v) is 5.88. The molecule has 2 amide bonds. The number of nitrogens with zero attached hydrogens (tertiary/aromatic N) is 3. The minimum Gasteiger partial charge on any atom is -0.509 e. The highest BCUT2D eigenvalue weighted by Crippen LogP contribution is 2.54. The Labute approximate surface area is 231 Å². The molecule has 0 aromatic carbocycles. The topological polar surface area (TPSA) is 209 Å². The number of nitrogens with one attached hydrogen (secondary N) is 1. The molecule has 5 N–H and O–H groups in total. The fourth-order valence-electron chi connectivity index (χ4n) is 5.88. The van der Waals surface area contributed by atoms with Crippen LogP contribution in [0.4, 0.5) is 0 Å². The Morgan fingerprint density at radius 3 is 2.40 bits per heavy atom. The van der Waals surface area contributed by atoms with Crippen LogP contribution in [-0.4, -0.2) is 77.3 Å². The number of primary amides is 1. The van der Waals surface area contributed by atoms with Crippen molar-refractivity contribution < 1.29 is 29.4 Å². The summed E-state index contributed by atoms with van der Waals surface area (Å²) in [6.45, 7) is 3.74. The molecule has 0 heterocycles. The smallest absolute Gasteiger partial charge is 0.255 e. The number of carbonyl (C=O) groups excluding carboxylic acids is 4. The molecule has 0 spiro atoms. The Morgan fingerprint density at radius 2 is 1.85 bits per heavy atom. The zero-order chi connectivity index (χ0) is 29.9. The maximum Gasteiger partial charge on any atom is 0.255 e. The van der Waals surface area contributed by atoms with Crippen molar-refractivity contribution >= 4 is 23.4 Å². The van der Waals surface area contributed by atoms with Gasteiger partial charge in [-0.3, -0.25) is 19.2 Å². The average Bonchev–Trinajstić information content (AvgIpc) is 2.87. The standard InChI is InChI=1S/C27H35N5O8/c1-5-14(6-17(13(2)30-39)11-29-21(35)12-32(3)4)15-7-16-8-18-10-20(34)23(26(28)38)25(37)27(18,31-40)24(36)22(16)19(33)9-15/h6,13,16,18,36-37H,5,7-12H2,1-4H3,(H2,28,38)(H,29,35)/b15-14-,17-6-/t13-,16+,18+,27+/m1/s1. The van der Waals surface area contributed by atoms with Crippen molar-refractivity contribution in [2.24, 2.45) is 27.9 Å². The van der Waals surface area contributed by atoms with Gasteiger partial charge in [0.15, 0.2) is 11.6 Å². The second-order valence-corrected chi connectivity index (χ2v) is 10.8. The molecule has 3 aliphatic rings. The average molecular weight is 558 g/mol. The number of hydrogen-bond acceptors (Lipinski definition) is 11. The van der Waals surface area contributed by atoms with Gasteiger partial charge in [-0.2, -0.15) is 4.91 Å². The Morgan fingerprint density at radius 1 is 1.18 bits per heavy atom. The molecule has 0 saturated heterocycles. The molecule has 13 nitrogen and oxygen atoms in total. The van der Waals surface area contributed by atoms with Gasteiger partial charge in [0.2, 0.25) is 11.4 Å². The van der Waals surface area contributed by atoms with Crippen LogP contribution in [0.1, 0.15) is 46.0 Å². The number of aliphatic hydroxyl groups excluding tert-OH is 2. The highest BCUT2D eigenvalue weighted by molar-refractivity contribution is 6.20. The van der Waals surface area contributed by atoms with E-state index in [0.29, 0.717) is 18.4 Å². The minimum absolute atomic E-state index is 0.0668. The first-order chi connectivity index (χ1) is 18.8. The highest BCUT2D eigenvalue weighted by Gasteiger charge is 2.60. The second-order valence-electron chi connectivity index (χ2n) is 10.8. The zero-order valence-corrected chi connectivity index (χ0v) is 23.0. The largest absolute Gasteiger partial charge is 0.509 e. The number of hydrogen-bond donors (Lipinski definition) is 4. The number of amides is 2. The van der Waals surface area contributed by atoms with E-state index in [-0.39, 0.29) is 43.8 Å². The van der Waals surface area contributed by atoms with E-state index < -0.39 is 58.0 Å². The van der Waals surface area contributed by atoms with Crippen molar-refractivity contribution in [1.82, 2.24) is 10.2 Å². The first-order valence-electron chi connectivity index (χ1n) is 13.0. The Balaban J connectivity index is 2.03. The van der Waals surface area contributed by atoms with Crippen molar-refractivity contribution in [2.45, 2.75) is 57.5 Å². The highest BCUT2D eigenvalue weighted by atomic mass is 16.3. The minimum atomic E-state index is -2.34. The van der Waals surface area contributed by atoms with Crippen molar-refractivity contribution in [3.05, 3.63) is 55.3 Å². The maximum absolute atomic E-state index is 13.4. The van der Waals surface area contributed by atoms with Gasteiger partial charge in [0.1, 0.15) is 23.1 Å². The predicted octanol–water partition coefficient (Wildman–Crippen LogP) is 2.04. The third-order valence-corrected chi connectivity index (χ3v) is 7.89. The van der Waals surface area contributed by atoms with Crippen LogP contribution in [0, 0.1) is 21.6 Å². The molecule has 0 aromatic heterocycles. The van der Waals surface area contributed by atoms with E-state index in [1.807, 2.05) is 6.92 Å². The molecule has 0 aliphatic heterocycles. The fraction of sp³-hybridized carbons (Fsp3) is 0.556. The number of aliphatic hydroxyl groups is 2. The first-order valence-corrected chi connectivity index (χ1v) is 13.0. The van der Waals surface area contributed by atoms with Crippen LogP contribution in [0.15, 0.2) is 55.8 Å². The van der Waals surface area contributed by atoms with Crippen LogP contribution in [0.3, 0.4) is 0 Å². The number of nitrogens with two attached hydrogens (primary N) is 1. The van der Waals surface area contributed by atoms with Crippen LogP contribution < -0.4 is 11.1 Å². The number of allylic oxidation sites excluding steroid dienone is 4. The van der Waals surface area contributed by atoms with Crippen molar-refractivity contribution in [2.75, 3.05) is 27.2 Å². The number of carbonyl (C=O) groups is 4. The van der Waals surface area contributed by atoms with Gasteiger partial charge < -0.3 is 26.2 Å². The van der Waals surface area contributed by atoms with Gasteiger partial charge >= 0.3 is 0 Å². The van der Waals surface area contributed by atoms with Crippen molar-refractivity contribution in [3.63, 3.8) is 0 Å². The number of likely N-dealkylation sites (N-methyl/N-ethyl adjacent to an activating group) is 1. The van der Waals surface area contributed by atoms with Gasteiger partial charge in [-0.1, -0.05) is 23.7 Å². The van der Waals surface area contributed by atoms with E-state index in [4.69, 9.17) is 5.73 Å². The summed E-state index contributed by atoms with van der Waals surface area (Å²) in [6.07, 6.45) is 2.16. The van der Waals surface area contributed by atoms with Crippen LogP contribution in [0.25, 0.3) is 0 Å². The maximum atomic E-state index is 13.4. The van der Waals surface area contributed by atoms with Gasteiger partial charge in [0.05, 0.1) is 6.54 Å². The normalized spacial score (nSPS) is 27.2. The third kappa shape index (κ3) is 5.51. The Hall–Kier alpha value is -4.00. The molecule has 4 atom stereocenters. The number of fused-ring (bicyclic) bond motifs is 2.